The zero-order valence-electron chi connectivity index (χ0n) is 14.2. The molecule has 2 aromatic rings. The maximum absolute atomic E-state index is 12.5. The molecule has 0 saturated carbocycles. The van der Waals surface area contributed by atoms with Gasteiger partial charge in [0.2, 0.25) is 0 Å². The lowest BCUT2D eigenvalue weighted by Crippen LogP contribution is -2.17. The lowest BCUT2D eigenvalue weighted by atomic mass is 10.1. The van der Waals surface area contributed by atoms with E-state index in [9.17, 15) is 4.79 Å². The highest BCUT2D eigenvalue weighted by atomic mass is 35.5. The number of hydrogen-bond acceptors (Lipinski definition) is 3. The van der Waals surface area contributed by atoms with Crippen molar-refractivity contribution in [3.63, 3.8) is 0 Å². The predicted octanol–water partition coefficient (Wildman–Crippen LogP) is 4.26. The third-order valence-corrected chi connectivity index (χ3v) is 3.40. The molecule has 0 aromatic heterocycles. The van der Waals surface area contributed by atoms with E-state index in [2.05, 4.69) is 24.5 Å². The summed E-state index contributed by atoms with van der Waals surface area (Å²) in [5.74, 6) is 0.594. The third-order valence-electron chi connectivity index (χ3n) is 3.40. The summed E-state index contributed by atoms with van der Waals surface area (Å²) in [4.78, 5) is 12.5. The summed E-state index contributed by atoms with van der Waals surface area (Å²) in [5, 5.41) is 6.26. The second kappa shape index (κ2) is 10.7. The van der Waals surface area contributed by atoms with Crippen LogP contribution < -0.4 is 15.4 Å². The Morgan fingerprint density at radius 1 is 1.08 bits per heavy atom. The Kier molecular flexibility index (Phi) is 8.90. The molecule has 4 nitrogen and oxygen atoms in total. The lowest BCUT2D eigenvalue weighted by molar-refractivity contribution is 0.102. The Hall–Kier alpha value is -2.04. The smallest absolute Gasteiger partial charge is 0.255 e. The zero-order chi connectivity index (χ0) is 16.5. The van der Waals surface area contributed by atoms with Crippen LogP contribution in [0.2, 0.25) is 0 Å². The van der Waals surface area contributed by atoms with E-state index in [0.717, 1.165) is 36.5 Å². The SMILES string of the molecule is CCCOc1cccc(C(=O)Nc2ccccc2CNCC)c1.Cl. The molecular weight excluding hydrogens is 324 g/mol. The Bertz CT molecular complexity index is 647. The van der Waals surface area contributed by atoms with Crippen LogP contribution in [-0.2, 0) is 6.54 Å². The van der Waals surface area contributed by atoms with Crippen LogP contribution in [0.3, 0.4) is 0 Å². The number of halogens is 1. The Labute approximate surface area is 150 Å². The van der Waals surface area contributed by atoms with Crippen molar-refractivity contribution in [3.8, 4) is 5.75 Å². The number of ether oxygens (including phenoxy) is 1. The van der Waals surface area contributed by atoms with Crippen molar-refractivity contribution >= 4 is 24.0 Å². The average Bonchev–Trinajstić information content (AvgIpc) is 2.59. The Morgan fingerprint density at radius 3 is 2.62 bits per heavy atom. The van der Waals surface area contributed by atoms with Gasteiger partial charge in [-0.3, -0.25) is 4.79 Å². The first-order valence-electron chi connectivity index (χ1n) is 8.07. The van der Waals surface area contributed by atoms with E-state index in [1.165, 1.54) is 0 Å². The summed E-state index contributed by atoms with van der Waals surface area (Å²) in [6.07, 6.45) is 0.939. The molecule has 24 heavy (non-hydrogen) atoms. The largest absolute Gasteiger partial charge is 0.494 e. The molecule has 0 heterocycles. The van der Waals surface area contributed by atoms with Crippen LogP contribution in [0.5, 0.6) is 5.75 Å². The number of anilines is 1. The fourth-order valence-electron chi connectivity index (χ4n) is 2.20. The normalized spacial score (nSPS) is 9.92. The van der Waals surface area contributed by atoms with Gasteiger partial charge < -0.3 is 15.4 Å². The van der Waals surface area contributed by atoms with Gasteiger partial charge in [-0.15, -0.1) is 12.4 Å². The van der Waals surface area contributed by atoms with E-state index in [4.69, 9.17) is 4.74 Å². The molecule has 2 rings (SSSR count). The Morgan fingerprint density at radius 2 is 1.88 bits per heavy atom. The van der Waals surface area contributed by atoms with Crippen LogP contribution in [0.15, 0.2) is 48.5 Å². The Balaban J connectivity index is 0.00000288. The van der Waals surface area contributed by atoms with Gasteiger partial charge >= 0.3 is 0 Å². The number of nitrogens with one attached hydrogen (secondary N) is 2. The highest BCUT2D eigenvalue weighted by Gasteiger charge is 2.09. The highest BCUT2D eigenvalue weighted by Crippen LogP contribution is 2.18. The second-order valence-electron chi connectivity index (χ2n) is 5.27. The van der Waals surface area contributed by atoms with Crippen LogP contribution in [0, 0.1) is 0 Å². The standard InChI is InChI=1S/C19H24N2O2.ClH/c1-3-12-23-17-10-7-9-15(13-17)19(22)21-18-11-6-5-8-16(18)14-20-4-2;/h5-11,13,20H,3-4,12,14H2,1-2H3,(H,21,22);1H. The molecule has 0 aliphatic rings. The van der Waals surface area contributed by atoms with Crippen molar-refractivity contribution in [1.82, 2.24) is 5.32 Å². The summed E-state index contributed by atoms with van der Waals surface area (Å²) < 4.78 is 5.58. The quantitative estimate of drug-likeness (QED) is 0.749. The fraction of sp³-hybridized carbons (Fsp3) is 0.316. The van der Waals surface area contributed by atoms with Gasteiger partial charge in [0.15, 0.2) is 0 Å². The number of benzene rings is 2. The number of carbonyl (C=O) groups is 1. The first kappa shape index (κ1) is 20.0. The summed E-state index contributed by atoms with van der Waals surface area (Å²) in [6, 6.07) is 15.1. The molecule has 0 bridgehead atoms. The molecule has 130 valence electrons. The summed E-state index contributed by atoms with van der Waals surface area (Å²) in [5.41, 5.74) is 2.50. The van der Waals surface area contributed by atoms with Crippen molar-refractivity contribution < 1.29 is 9.53 Å². The van der Waals surface area contributed by atoms with Crippen LogP contribution >= 0.6 is 12.4 Å². The van der Waals surface area contributed by atoms with Crippen LogP contribution in [-0.4, -0.2) is 19.1 Å². The van der Waals surface area contributed by atoms with E-state index in [1.54, 1.807) is 12.1 Å². The van der Waals surface area contributed by atoms with Crippen molar-refractivity contribution in [3.05, 3.63) is 59.7 Å². The first-order valence-corrected chi connectivity index (χ1v) is 8.07. The molecule has 0 aliphatic heterocycles. The molecule has 1 amide bonds. The van der Waals surface area contributed by atoms with E-state index in [-0.39, 0.29) is 18.3 Å². The van der Waals surface area contributed by atoms with Crippen LogP contribution in [0.4, 0.5) is 5.69 Å². The maximum Gasteiger partial charge on any atom is 0.255 e. The second-order valence-corrected chi connectivity index (χ2v) is 5.27. The molecule has 0 unspecified atom stereocenters. The fourth-order valence-corrected chi connectivity index (χ4v) is 2.20. The predicted molar refractivity (Wildman–Crippen MR) is 101 cm³/mol. The number of rotatable bonds is 8. The molecule has 0 fully saturated rings. The monoisotopic (exact) mass is 348 g/mol. The minimum atomic E-state index is -0.129. The highest BCUT2D eigenvalue weighted by molar-refractivity contribution is 6.04. The maximum atomic E-state index is 12.5. The summed E-state index contributed by atoms with van der Waals surface area (Å²) in [7, 11) is 0. The number of para-hydroxylation sites is 1. The molecule has 0 saturated heterocycles. The lowest BCUT2D eigenvalue weighted by Gasteiger charge is -2.12. The van der Waals surface area contributed by atoms with Gasteiger partial charge in [0.1, 0.15) is 5.75 Å². The van der Waals surface area contributed by atoms with Crippen LogP contribution in [0.1, 0.15) is 36.2 Å². The molecule has 0 radical (unpaired) electrons. The van der Waals surface area contributed by atoms with Gasteiger partial charge in [-0.1, -0.05) is 38.1 Å². The van der Waals surface area contributed by atoms with E-state index >= 15 is 0 Å². The van der Waals surface area contributed by atoms with Gasteiger partial charge in [-0.25, -0.2) is 0 Å². The minimum absolute atomic E-state index is 0. The van der Waals surface area contributed by atoms with Gasteiger partial charge in [-0.2, -0.15) is 0 Å². The molecule has 0 spiro atoms. The van der Waals surface area contributed by atoms with Gasteiger partial charge in [0, 0.05) is 17.8 Å². The van der Waals surface area contributed by atoms with Crippen LogP contribution in [0.25, 0.3) is 0 Å². The summed E-state index contributed by atoms with van der Waals surface area (Å²) in [6.45, 7) is 6.38. The molecule has 0 aliphatic carbocycles. The number of amides is 1. The molecule has 0 atom stereocenters. The third kappa shape index (κ3) is 5.87. The van der Waals surface area contributed by atoms with Gasteiger partial charge in [-0.05, 0) is 42.8 Å². The first-order chi connectivity index (χ1) is 11.2. The molecular formula is C19H25ClN2O2. The topological polar surface area (TPSA) is 50.4 Å². The van der Waals surface area contributed by atoms with Gasteiger partial charge in [0.25, 0.3) is 5.91 Å². The summed E-state index contributed by atoms with van der Waals surface area (Å²) >= 11 is 0. The van der Waals surface area contributed by atoms with E-state index < -0.39 is 0 Å². The molecule has 2 N–H and O–H groups in total. The van der Waals surface area contributed by atoms with Crippen molar-refractivity contribution in [2.75, 3.05) is 18.5 Å². The van der Waals surface area contributed by atoms with E-state index in [1.807, 2.05) is 36.4 Å². The number of hydrogen-bond donors (Lipinski definition) is 2. The van der Waals surface area contributed by atoms with Crippen molar-refractivity contribution in [2.24, 2.45) is 0 Å². The van der Waals surface area contributed by atoms with E-state index in [0.29, 0.717) is 12.2 Å². The van der Waals surface area contributed by atoms with Crippen molar-refractivity contribution in [2.45, 2.75) is 26.8 Å². The zero-order valence-corrected chi connectivity index (χ0v) is 15.0. The molecule has 2 aromatic carbocycles. The average molecular weight is 349 g/mol. The minimum Gasteiger partial charge on any atom is -0.494 e. The van der Waals surface area contributed by atoms with Crippen molar-refractivity contribution in [1.29, 1.82) is 0 Å². The number of carbonyl (C=O) groups excluding carboxylic acids is 1. The molecule has 5 heteroatoms. The van der Waals surface area contributed by atoms with Gasteiger partial charge in [0.05, 0.1) is 6.61 Å².